The van der Waals surface area contributed by atoms with Gasteiger partial charge in [0.2, 0.25) is 0 Å². The number of hydrogen-bond donors (Lipinski definition) is 1. The monoisotopic (exact) mass is 431 g/mol. The quantitative estimate of drug-likeness (QED) is 0.392. The lowest BCUT2D eigenvalue weighted by molar-refractivity contribution is 0.102. The second-order valence-electron chi connectivity index (χ2n) is 7.01. The summed E-state index contributed by atoms with van der Waals surface area (Å²) in [5, 5.41) is 2.97. The van der Waals surface area contributed by atoms with Crippen LogP contribution in [0.4, 0.5) is 11.5 Å². The minimum absolute atomic E-state index is 0.143. The number of amides is 1. The Kier molecular flexibility index (Phi) is 6.52. The molecule has 3 heterocycles. The lowest BCUT2D eigenvalue weighted by Gasteiger charge is -2.19. The van der Waals surface area contributed by atoms with E-state index < -0.39 is 0 Å². The summed E-state index contributed by atoms with van der Waals surface area (Å²) in [6.45, 7) is 5.99. The highest BCUT2D eigenvalue weighted by molar-refractivity contribution is 7.98. The van der Waals surface area contributed by atoms with Crippen LogP contribution in [0.1, 0.15) is 29.9 Å². The molecule has 1 aromatic carbocycles. The molecule has 0 radical (unpaired) electrons. The largest absolute Gasteiger partial charge is 0.357 e. The fourth-order valence-electron chi connectivity index (χ4n) is 3.38. The summed E-state index contributed by atoms with van der Waals surface area (Å²) >= 11 is 1.61. The molecule has 31 heavy (non-hydrogen) atoms. The van der Waals surface area contributed by atoms with Crippen molar-refractivity contribution in [2.75, 3.05) is 23.3 Å². The van der Waals surface area contributed by atoms with Gasteiger partial charge in [-0.15, -0.1) is 11.8 Å². The van der Waals surface area contributed by atoms with Crippen LogP contribution in [-0.2, 0) is 5.75 Å². The number of carbonyl (C=O) groups is 1. The van der Waals surface area contributed by atoms with Gasteiger partial charge in [-0.2, -0.15) is 0 Å². The highest BCUT2D eigenvalue weighted by Crippen LogP contribution is 2.27. The number of anilines is 2. The topological polar surface area (TPSA) is 62.5 Å². The van der Waals surface area contributed by atoms with E-state index >= 15 is 0 Å². The van der Waals surface area contributed by atoms with Gasteiger partial charge in [0.25, 0.3) is 5.91 Å². The van der Waals surface area contributed by atoms with Crippen molar-refractivity contribution < 1.29 is 4.79 Å². The smallest absolute Gasteiger partial charge is 0.256 e. The number of aromatic nitrogens is 3. The predicted octanol–water partition coefficient (Wildman–Crippen LogP) is 5.12. The van der Waals surface area contributed by atoms with Gasteiger partial charge in [0.15, 0.2) is 0 Å². The second kappa shape index (κ2) is 9.66. The zero-order valence-corrected chi connectivity index (χ0v) is 18.5. The first kappa shape index (κ1) is 20.9. The molecule has 4 aromatic rings. The van der Waals surface area contributed by atoms with Gasteiger partial charge in [0.1, 0.15) is 11.5 Å². The average molecular weight is 432 g/mol. The van der Waals surface area contributed by atoms with Crippen molar-refractivity contribution in [3.05, 3.63) is 84.4 Å². The molecule has 0 fully saturated rings. The Labute approximate surface area is 186 Å². The zero-order chi connectivity index (χ0) is 21.6. The zero-order valence-electron chi connectivity index (χ0n) is 17.7. The van der Waals surface area contributed by atoms with E-state index in [1.54, 1.807) is 18.0 Å². The lowest BCUT2D eigenvalue weighted by Crippen LogP contribution is -2.23. The van der Waals surface area contributed by atoms with Gasteiger partial charge in [-0.1, -0.05) is 18.2 Å². The molecule has 0 aliphatic rings. The summed E-state index contributed by atoms with van der Waals surface area (Å²) in [4.78, 5) is 25.1. The van der Waals surface area contributed by atoms with Crippen molar-refractivity contribution in [1.82, 2.24) is 14.4 Å². The maximum absolute atomic E-state index is 12.9. The number of imidazole rings is 1. The normalized spacial score (nSPS) is 10.9. The summed E-state index contributed by atoms with van der Waals surface area (Å²) in [6, 6.07) is 17.4. The number of carbonyl (C=O) groups excluding carboxylic acids is 1. The van der Waals surface area contributed by atoms with Crippen molar-refractivity contribution in [3.8, 4) is 0 Å². The van der Waals surface area contributed by atoms with Crippen LogP contribution < -0.4 is 10.2 Å². The van der Waals surface area contributed by atoms with Gasteiger partial charge in [-0.3, -0.25) is 4.79 Å². The third-order valence-corrected chi connectivity index (χ3v) is 6.12. The predicted molar refractivity (Wildman–Crippen MR) is 127 cm³/mol. The number of pyridine rings is 2. The van der Waals surface area contributed by atoms with Crippen LogP contribution in [0.15, 0.2) is 78.1 Å². The summed E-state index contributed by atoms with van der Waals surface area (Å²) < 4.78 is 2.00. The van der Waals surface area contributed by atoms with E-state index in [2.05, 4.69) is 34.0 Å². The minimum Gasteiger partial charge on any atom is -0.357 e. The Balaban J connectivity index is 1.45. The van der Waals surface area contributed by atoms with Gasteiger partial charge in [0, 0.05) is 36.1 Å². The maximum Gasteiger partial charge on any atom is 0.256 e. The molecule has 1 amide bonds. The molecule has 158 valence electrons. The lowest BCUT2D eigenvalue weighted by atomic mass is 10.2. The number of fused-ring (bicyclic) bond motifs is 1. The fraction of sp³-hybridized carbons (Fsp3) is 0.208. The van der Waals surface area contributed by atoms with Crippen LogP contribution in [0, 0.1) is 0 Å². The SMILES string of the molecule is CCN(CC)c1ccc(NC(=O)c2ccccc2SCc2cn3ccccc3n2)cn1. The molecule has 7 heteroatoms. The molecule has 1 N–H and O–H groups in total. The standard InChI is InChI=1S/C24H25N5OS/c1-3-28(4-2)22-13-12-18(15-25-22)27-24(30)20-9-5-6-10-21(20)31-17-19-16-29-14-8-7-11-23(29)26-19/h5-16H,3-4,17H2,1-2H3,(H,27,30). The van der Waals surface area contributed by atoms with Crippen LogP contribution in [0.2, 0.25) is 0 Å². The summed E-state index contributed by atoms with van der Waals surface area (Å²) in [5.74, 6) is 1.45. The number of nitrogens with one attached hydrogen (secondary N) is 1. The van der Waals surface area contributed by atoms with Gasteiger partial charge in [-0.25, -0.2) is 9.97 Å². The van der Waals surface area contributed by atoms with E-state index in [0.717, 1.165) is 35.1 Å². The minimum atomic E-state index is -0.143. The van der Waals surface area contributed by atoms with Crippen LogP contribution in [0.5, 0.6) is 0 Å². The summed E-state index contributed by atoms with van der Waals surface area (Å²) in [5.41, 5.74) is 3.22. The molecule has 0 saturated heterocycles. The number of hydrogen-bond acceptors (Lipinski definition) is 5. The Morgan fingerprint density at radius 3 is 2.61 bits per heavy atom. The first-order valence-corrected chi connectivity index (χ1v) is 11.3. The van der Waals surface area contributed by atoms with Crippen LogP contribution >= 0.6 is 11.8 Å². The van der Waals surface area contributed by atoms with E-state index in [0.29, 0.717) is 17.0 Å². The Morgan fingerprint density at radius 1 is 1.06 bits per heavy atom. The summed E-state index contributed by atoms with van der Waals surface area (Å²) in [6.07, 6.45) is 5.71. The molecule has 0 unspecified atom stereocenters. The average Bonchev–Trinajstić information content (AvgIpc) is 3.23. The molecule has 6 nitrogen and oxygen atoms in total. The van der Waals surface area contributed by atoms with Crippen LogP contribution in [-0.4, -0.2) is 33.4 Å². The van der Waals surface area contributed by atoms with Gasteiger partial charge in [-0.05, 0) is 50.2 Å². The second-order valence-corrected chi connectivity index (χ2v) is 8.03. The summed E-state index contributed by atoms with van der Waals surface area (Å²) in [7, 11) is 0. The first-order valence-electron chi connectivity index (χ1n) is 10.3. The highest BCUT2D eigenvalue weighted by Gasteiger charge is 2.13. The molecule has 0 aliphatic heterocycles. The molecule has 0 atom stereocenters. The molecule has 3 aromatic heterocycles. The third kappa shape index (κ3) is 4.88. The van der Waals surface area contributed by atoms with E-state index in [-0.39, 0.29) is 5.91 Å². The fourth-order valence-corrected chi connectivity index (χ4v) is 4.32. The Bertz CT molecular complexity index is 1140. The molecule has 0 spiro atoms. The van der Waals surface area contributed by atoms with Crippen LogP contribution in [0.3, 0.4) is 0 Å². The third-order valence-electron chi connectivity index (χ3n) is 5.01. The number of benzene rings is 1. The van der Waals surface area contributed by atoms with Crippen LogP contribution in [0.25, 0.3) is 5.65 Å². The number of rotatable bonds is 8. The molecular formula is C24H25N5OS. The highest BCUT2D eigenvalue weighted by atomic mass is 32.2. The first-order chi connectivity index (χ1) is 15.2. The van der Waals surface area contributed by atoms with E-state index in [4.69, 9.17) is 0 Å². The maximum atomic E-state index is 12.9. The van der Waals surface area contributed by atoms with E-state index in [1.165, 1.54) is 0 Å². The van der Waals surface area contributed by atoms with Gasteiger partial charge < -0.3 is 14.6 Å². The van der Waals surface area contributed by atoms with Crippen molar-refractivity contribution in [2.45, 2.75) is 24.5 Å². The molecule has 0 saturated carbocycles. The van der Waals surface area contributed by atoms with Crippen molar-refractivity contribution in [2.24, 2.45) is 0 Å². The number of thioether (sulfide) groups is 1. The molecule has 0 aliphatic carbocycles. The molecule has 0 bridgehead atoms. The van der Waals surface area contributed by atoms with Crippen molar-refractivity contribution in [3.63, 3.8) is 0 Å². The van der Waals surface area contributed by atoms with Gasteiger partial charge in [0.05, 0.1) is 23.1 Å². The van der Waals surface area contributed by atoms with Crippen molar-refractivity contribution in [1.29, 1.82) is 0 Å². The molecular weight excluding hydrogens is 406 g/mol. The Morgan fingerprint density at radius 2 is 1.87 bits per heavy atom. The van der Waals surface area contributed by atoms with E-state index in [9.17, 15) is 4.79 Å². The Hall–Kier alpha value is -3.32. The molecule has 4 rings (SSSR count). The van der Waals surface area contributed by atoms with E-state index in [1.807, 2.05) is 71.4 Å². The van der Waals surface area contributed by atoms with Crippen molar-refractivity contribution >= 4 is 34.8 Å². The number of nitrogens with zero attached hydrogens (tertiary/aromatic N) is 4. The van der Waals surface area contributed by atoms with Gasteiger partial charge >= 0.3 is 0 Å².